The first kappa shape index (κ1) is 13.3. The number of benzene rings is 1. The van der Waals surface area contributed by atoms with E-state index in [1.165, 1.54) is 24.4 Å². The van der Waals surface area contributed by atoms with Crippen LogP contribution in [0.25, 0.3) is 0 Å². The summed E-state index contributed by atoms with van der Waals surface area (Å²) in [6.07, 6.45) is 1.34. The highest BCUT2D eigenvalue weighted by atomic mass is 35.5. The molecular weight excluding hydrogens is 249 g/mol. The maximum absolute atomic E-state index is 12.9. The van der Waals surface area contributed by atoms with Gasteiger partial charge in [-0.05, 0) is 39.0 Å². The molecule has 0 bridgehead atoms. The predicted molar refractivity (Wildman–Crippen MR) is 66.9 cm³/mol. The Morgan fingerprint density at radius 2 is 2.06 bits per heavy atom. The van der Waals surface area contributed by atoms with E-state index < -0.39 is 21.5 Å². The Balaban J connectivity index is 2.93. The van der Waals surface area contributed by atoms with Crippen molar-refractivity contribution in [1.82, 2.24) is 0 Å². The molecule has 0 aliphatic rings. The minimum Gasteiger partial charge on any atom is -0.234 e. The van der Waals surface area contributed by atoms with Crippen molar-refractivity contribution < 1.29 is 8.60 Å². The molecule has 1 rings (SSSR count). The van der Waals surface area contributed by atoms with Crippen molar-refractivity contribution in [3.05, 3.63) is 34.6 Å². The summed E-state index contributed by atoms with van der Waals surface area (Å²) in [4.78, 5) is 0. The minimum absolute atomic E-state index is 0.385. The second kappa shape index (κ2) is 5.06. The zero-order chi connectivity index (χ0) is 12.3. The van der Waals surface area contributed by atoms with Gasteiger partial charge in [-0.1, -0.05) is 11.6 Å². The van der Waals surface area contributed by atoms with Crippen LogP contribution >= 0.6 is 11.6 Å². The van der Waals surface area contributed by atoms with E-state index in [2.05, 4.69) is 4.40 Å². The molecule has 0 N–H and O–H groups in total. The SMILES string of the molecule is CC(C)(C)[S@@](=O)N=Cc1cc(F)ccc1Cl. The second-order valence-corrected chi connectivity index (χ2v) is 6.60. The normalized spacial score (nSPS) is 14.3. The molecular formula is C11H13ClFNOS. The molecule has 88 valence electrons. The van der Waals surface area contributed by atoms with Crippen LogP contribution in [0, 0.1) is 5.82 Å². The van der Waals surface area contributed by atoms with Gasteiger partial charge in [-0.15, -0.1) is 0 Å². The lowest BCUT2D eigenvalue weighted by Gasteiger charge is -2.12. The second-order valence-electron chi connectivity index (χ2n) is 4.26. The van der Waals surface area contributed by atoms with Crippen LogP contribution < -0.4 is 0 Å². The number of halogens is 2. The molecule has 0 saturated carbocycles. The fourth-order valence-corrected chi connectivity index (χ4v) is 1.57. The van der Waals surface area contributed by atoms with Gasteiger partial charge in [-0.25, -0.2) is 8.60 Å². The highest BCUT2D eigenvalue weighted by Gasteiger charge is 2.18. The van der Waals surface area contributed by atoms with Crippen molar-refractivity contribution in [2.75, 3.05) is 0 Å². The third-order valence-corrected chi connectivity index (χ3v) is 3.46. The molecule has 0 spiro atoms. The summed E-state index contributed by atoms with van der Waals surface area (Å²) in [6, 6.07) is 3.96. The standard InChI is InChI=1S/C11H13ClFNOS/c1-11(2,3)16(15)14-7-8-6-9(13)4-5-10(8)12/h4-7H,1-3H3/t16-/m1/s1. The highest BCUT2D eigenvalue weighted by Crippen LogP contribution is 2.17. The van der Waals surface area contributed by atoms with E-state index in [1.54, 1.807) is 0 Å². The van der Waals surface area contributed by atoms with Gasteiger partial charge in [0.25, 0.3) is 0 Å². The molecule has 1 aromatic rings. The van der Waals surface area contributed by atoms with Gasteiger partial charge < -0.3 is 0 Å². The Bertz CT molecular complexity index is 440. The van der Waals surface area contributed by atoms with Crippen molar-refractivity contribution in [3.63, 3.8) is 0 Å². The van der Waals surface area contributed by atoms with Crippen LogP contribution in [-0.4, -0.2) is 15.2 Å². The smallest absolute Gasteiger partial charge is 0.144 e. The van der Waals surface area contributed by atoms with E-state index >= 15 is 0 Å². The summed E-state index contributed by atoms with van der Waals surface area (Å²) in [5.74, 6) is -0.396. The van der Waals surface area contributed by atoms with Crippen LogP contribution in [0.2, 0.25) is 5.02 Å². The fraction of sp³-hybridized carbons (Fsp3) is 0.364. The monoisotopic (exact) mass is 261 g/mol. The lowest BCUT2D eigenvalue weighted by atomic mass is 10.2. The first-order chi connectivity index (χ1) is 7.30. The topological polar surface area (TPSA) is 29.4 Å². The van der Waals surface area contributed by atoms with Gasteiger partial charge in [0.2, 0.25) is 0 Å². The maximum atomic E-state index is 12.9. The van der Waals surface area contributed by atoms with Crippen LogP contribution in [0.3, 0.4) is 0 Å². The molecule has 5 heteroatoms. The number of nitrogens with zero attached hydrogens (tertiary/aromatic N) is 1. The summed E-state index contributed by atoms with van der Waals surface area (Å²) in [5.41, 5.74) is 0.430. The van der Waals surface area contributed by atoms with Crippen molar-refractivity contribution in [2.45, 2.75) is 25.5 Å². The van der Waals surface area contributed by atoms with Crippen molar-refractivity contribution in [2.24, 2.45) is 4.40 Å². The maximum Gasteiger partial charge on any atom is 0.144 e. The largest absolute Gasteiger partial charge is 0.234 e. The summed E-state index contributed by atoms with van der Waals surface area (Å²) in [5, 5.41) is 0.385. The molecule has 0 radical (unpaired) electrons. The zero-order valence-corrected chi connectivity index (χ0v) is 10.9. The van der Waals surface area contributed by atoms with Crippen LogP contribution in [0.1, 0.15) is 26.3 Å². The first-order valence-corrected chi connectivity index (χ1v) is 6.20. The summed E-state index contributed by atoms with van der Waals surface area (Å²) < 4.78 is 27.9. The molecule has 0 aliphatic heterocycles. The average molecular weight is 262 g/mol. The zero-order valence-electron chi connectivity index (χ0n) is 9.33. The van der Waals surface area contributed by atoms with Gasteiger partial charge >= 0.3 is 0 Å². The predicted octanol–water partition coefficient (Wildman–Crippen LogP) is 3.36. The molecule has 1 atom stereocenters. The van der Waals surface area contributed by atoms with E-state index in [0.717, 1.165) is 0 Å². The van der Waals surface area contributed by atoms with Gasteiger partial charge in [0.05, 0.1) is 4.75 Å². The first-order valence-electron chi connectivity index (χ1n) is 4.72. The Morgan fingerprint density at radius 3 is 2.62 bits per heavy atom. The van der Waals surface area contributed by atoms with E-state index in [-0.39, 0.29) is 0 Å². The molecule has 0 fully saturated rings. The van der Waals surface area contributed by atoms with Crippen molar-refractivity contribution in [3.8, 4) is 0 Å². The molecule has 0 aromatic heterocycles. The third kappa shape index (κ3) is 3.68. The lowest BCUT2D eigenvalue weighted by molar-refractivity contribution is 0.627. The molecule has 0 saturated heterocycles. The third-order valence-electron chi connectivity index (χ3n) is 1.77. The van der Waals surface area contributed by atoms with Gasteiger partial charge in [-0.3, -0.25) is 0 Å². The van der Waals surface area contributed by atoms with Gasteiger partial charge in [0.15, 0.2) is 0 Å². The number of hydrogen-bond donors (Lipinski definition) is 0. The Kier molecular flexibility index (Phi) is 4.21. The fourth-order valence-electron chi connectivity index (χ4n) is 0.876. The number of hydrogen-bond acceptors (Lipinski definition) is 1. The van der Waals surface area contributed by atoms with Crippen LogP contribution in [0.4, 0.5) is 4.39 Å². The number of rotatable bonds is 2. The van der Waals surface area contributed by atoms with Crippen LogP contribution in [-0.2, 0) is 11.0 Å². The highest BCUT2D eigenvalue weighted by molar-refractivity contribution is 7.85. The molecule has 2 nitrogen and oxygen atoms in total. The summed E-state index contributed by atoms with van der Waals surface area (Å²) >= 11 is 5.84. The molecule has 0 unspecified atom stereocenters. The Labute approximate surface area is 102 Å². The molecule has 0 amide bonds. The lowest BCUT2D eigenvalue weighted by Crippen LogP contribution is -2.19. The Morgan fingerprint density at radius 1 is 1.44 bits per heavy atom. The minimum atomic E-state index is -1.36. The Hall–Kier alpha value is -0.740. The van der Waals surface area contributed by atoms with E-state index in [1.807, 2.05) is 20.8 Å². The van der Waals surface area contributed by atoms with Crippen LogP contribution in [0.15, 0.2) is 22.6 Å². The van der Waals surface area contributed by atoms with E-state index in [4.69, 9.17) is 11.6 Å². The average Bonchev–Trinajstić information content (AvgIpc) is 2.17. The molecule has 0 heterocycles. The summed E-state index contributed by atoms with van der Waals surface area (Å²) in [7, 11) is -1.36. The van der Waals surface area contributed by atoms with Gasteiger partial charge in [-0.2, -0.15) is 4.40 Å². The summed E-state index contributed by atoms with van der Waals surface area (Å²) in [6.45, 7) is 5.44. The quantitative estimate of drug-likeness (QED) is 0.751. The molecule has 16 heavy (non-hydrogen) atoms. The molecule has 1 aromatic carbocycles. The molecule has 0 aliphatic carbocycles. The van der Waals surface area contributed by atoms with E-state index in [9.17, 15) is 8.60 Å². The van der Waals surface area contributed by atoms with Crippen LogP contribution in [0.5, 0.6) is 0 Å². The van der Waals surface area contributed by atoms with Gasteiger partial charge in [0, 0.05) is 16.8 Å². The van der Waals surface area contributed by atoms with Gasteiger partial charge in [0.1, 0.15) is 16.8 Å². The van der Waals surface area contributed by atoms with E-state index in [0.29, 0.717) is 10.6 Å². The van der Waals surface area contributed by atoms with Crippen molar-refractivity contribution in [1.29, 1.82) is 0 Å². The van der Waals surface area contributed by atoms with Crippen molar-refractivity contribution >= 4 is 28.8 Å².